The van der Waals surface area contributed by atoms with E-state index in [1.165, 1.54) is 11.1 Å². The molecule has 0 aliphatic carbocycles. The van der Waals surface area contributed by atoms with Gasteiger partial charge in [0, 0.05) is 6.04 Å². The molecule has 1 saturated heterocycles. The smallest absolute Gasteiger partial charge is 0.234 e. The van der Waals surface area contributed by atoms with Gasteiger partial charge in [0.05, 0.1) is 23.6 Å². The fourth-order valence-corrected chi connectivity index (χ4v) is 5.86. The van der Waals surface area contributed by atoms with E-state index in [2.05, 4.69) is 62.6 Å². The fourth-order valence-electron chi connectivity index (χ4n) is 3.76. The minimum Gasteiger partial charge on any atom is -0.349 e. The minimum absolute atomic E-state index is 0.0245. The molecule has 1 aliphatic heterocycles. The standard InChI is InChI=1S/C21H34N2O3S/c1-15(2)12-17-6-8-18(9-7-17)20(16(3)4)22-13-19(24)23-21(5)10-11-27(25,26)14-21/h6-9,15-16,20,22H,10-14H2,1-5H3,(H,23,24). The molecule has 0 aromatic heterocycles. The first-order valence-electron chi connectivity index (χ1n) is 9.83. The van der Waals surface area contributed by atoms with Crippen LogP contribution in [0.3, 0.4) is 0 Å². The van der Waals surface area contributed by atoms with E-state index < -0.39 is 15.4 Å². The first-order valence-corrected chi connectivity index (χ1v) is 11.7. The monoisotopic (exact) mass is 394 g/mol. The third-order valence-electron chi connectivity index (χ3n) is 5.08. The molecule has 1 aliphatic rings. The average Bonchev–Trinajstić information content (AvgIpc) is 2.81. The molecule has 152 valence electrons. The Labute approximate surface area is 164 Å². The largest absolute Gasteiger partial charge is 0.349 e. The number of amides is 1. The van der Waals surface area contributed by atoms with Gasteiger partial charge in [0.1, 0.15) is 0 Å². The van der Waals surface area contributed by atoms with Crippen LogP contribution in [0.15, 0.2) is 24.3 Å². The van der Waals surface area contributed by atoms with E-state index in [1.807, 2.05) is 6.92 Å². The molecule has 2 rings (SSSR count). The minimum atomic E-state index is -3.04. The Hall–Kier alpha value is -1.40. The number of carbonyl (C=O) groups excluding carboxylic acids is 1. The van der Waals surface area contributed by atoms with Crippen LogP contribution in [0.1, 0.15) is 58.2 Å². The van der Waals surface area contributed by atoms with Crippen LogP contribution in [0.5, 0.6) is 0 Å². The number of benzene rings is 1. The molecule has 1 aromatic carbocycles. The number of rotatable bonds is 8. The molecule has 0 bridgehead atoms. The molecule has 2 unspecified atom stereocenters. The summed E-state index contributed by atoms with van der Waals surface area (Å²) in [5, 5.41) is 6.25. The van der Waals surface area contributed by atoms with E-state index in [1.54, 1.807) is 0 Å². The van der Waals surface area contributed by atoms with Gasteiger partial charge in [-0.3, -0.25) is 4.79 Å². The summed E-state index contributed by atoms with van der Waals surface area (Å²) in [6, 6.07) is 8.67. The molecule has 2 atom stereocenters. The van der Waals surface area contributed by atoms with Crippen molar-refractivity contribution in [2.75, 3.05) is 18.1 Å². The van der Waals surface area contributed by atoms with Crippen molar-refractivity contribution in [1.82, 2.24) is 10.6 Å². The Morgan fingerprint density at radius 3 is 2.26 bits per heavy atom. The Kier molecular flexibility index (Phi) is 7.09. The fraction of sp³-hybridized carbons (Fsp3) is 0.667. The zero-order valence-corrected chi connectivity index (χ0v) is 18.0. The summed E-state index contributed by atoms with van der Waals surface area (Å²) in [5.41, 5.74) is 1.84. The first-order chi connectivity index (χ1) is 12.5. The second-order valence-electron chi connectivity index (χ2n) is 8.89. The molecular weight excluding hydrogens is 360 g/mol. The highest BCUT2D eigenvalue weighted by molar-refractivity contribution is 7.91. The van der Waals surface area contributed by atoms with E-state index in [4.69, 9.17) is 0 Å². The molecule has 27 heavy (non-hydrogen) atoms. The van der Waals surface area contributed by atoms with Gasteiger partial charge in [-0.2, -0.15) is 0 Å². The van der Waals surface area contributed by atoms with Crippen molar-refractivity contribution in [3.63, 3.8) is 0 Å². The van der Waals surface area contributed by atoms with Crippen LogP contribution >= 0.6 is 0 Å². The molecule has 0 saturated carbocycles. The highest BCUT2D eigenvalue weighted by atomic mass is 32.2. The average molecular weight is 395 g/mol. The van der Waals surface area contributed by atoms with Crippen molar-refractivity contribution in [2.24, 2.45) is 11.8 Å². The van der Waals surface area contributed by atoms with Crippen LogP contribution in [0.2, 0.25) is 0 Å². The van der Waals surface area contributed by atoms with Gasteiger partial charge in [-0.25, -0.2) is 8.42 Å². The van der Waals surface area contributed by atoms with Gasteiger partial charge in [-0.15, -0.1) is 0 Å². The summed E-state index contributed by atoms with van der Waals surface area (Å²) in [6.45, 7) is 10.7. The van der Waals surface area contributed by atoms with Crippen molar-refractivity contribution in [2.45, 2.75) is 59.0 Å². The lowest BCUT2D eigenvalue weighted by Gasteiger charge is -2.26. The first kappa shape index (κ1) is 21.9. The Balaban J connectivity index is 1.95. The normalized spacial score (nSPS) is 22.9. The molecule has 0 spiro atoms. The number of sulfone groups is 1. The molecule has 6 heteroatoms. The van der Waals surface area contributed by atoms with Gasteiger partial charge in [-0.05, 0) is 42.7 Å². The summed E-state index contributed by atoms with van der Waals surface area (Å²) < 4.78 is 23.4. The highest BCUT2D eigenvalue weighted by Crippen LogP contribution is 2.24. The molecule has 1 fully saturated rings. The zero-order valence-electron chi connectivity index (χ0n) is 17.2. The lowest BCUT2D eigenvalue weighted by atomic mass is 9.93. The number of hydrogen-bond donors (Lipinski definition) is 2. The van der Waals surface area contributed by atoms with E-state index in [-0.39, 0.29) is 30.0 Å². The maximum Gasteiger partial charge on any atom is 0.234 e. The molecule has 1 amide bonds. The predicted molar refractivity (Wildman–Crippen MR) is 110 cm³/mol. The maximum absolute atomic E-state index is 12.4. The van der Waals surface area contributed by atoms with Crippen molar-refractivity contribution in [1.29, 1.82) is 0 Å². The van der Waals surface area contributed by atoms with Gasteiger partial charge >= 0.3 is 0 Å². The topological polar surface area (TPSA) is 75.3 Å². The van der Waals surface area contributed by atoms with Crippen LogP contribution in [0.25, 0.3) is 0 Å². The van der Waals surface area contributed by atoms with E-state index >= 15 is 0 Å². The lowest BCUT2D eigenvalue weighted by molar-refractivity contribution is -0.121. The molecule has 2 N–H and O–H groups in total. The Morgan fingerprint density at radius 1 is 1.15 bits per heavy atom. The molecule has 1 heterocycles. The molecule has 0 radical (unpaired) electrons. The van der Waals surface area contributed by atoms with Crippen LogP contribution in [-0.4, -0.2) is 37.9 Å². The van der Waals surface area contributed by atoms with Crippen molar-refractivity contribution >= 4 is 15.7 Å². The van der Waals surface area contributed by atoms with Gasteiger partial charge in [-0.1, -0.05) is 52.0 Å². The van der Waals surface area contributed by atoms with Crippen molar-refractivity contribution in [3.8, 4) is 0 Å². The van der Waals surface area contributed by atoms with Crippen LogP contribution in [-0.2, 0) is 21.1 Å². The number of carbonyl (C=O) groups is 1. The van der Waals surface area contributed by atoms with Crippen LogP contribution < -0.4 is 10.6 Å². The van der Waals surface area contributed by atoms with Crippen LogP contribution in [0.4, 0.5) is 0 Å². The maximum atomic E-state index is 12.4. The van der Waals surface area contributed by atoms with Crippen molar-refractivity contribution in [3.05, 3.63) is 35.4 Å². The van der Waals surface area contributed by atoms with E-state index in [9.17, 15) is 13.2 Å². The Morgan fingerprint density at radius 2 is 1.78 bits per heavy atom. The Bertz CT molecular complexity index is 741. The van der Waals surface area contributed by atoms with E-state index in [0.29, 0.717) is 18.3 Å². The van der Waals surface area contributed by atoms with Crippen molar-refractivity contribution < 1.29 is 13.2 Å². The number of nitrogens with one attached hydrogen (secondary N) is 2. The lowest BCUT2D eigenvalue weighted by Crippen LogP contribution is -2.50. The van der Waals surface area contributed by atoms with E-state index in [0.717, 1.165) is 6.42 Å². The highest BCUT2D eigenvalue weighted by Gasteiger charge is 2.39. The quantitative estimate of drug-likeness (QED) is 0.711. The zero-order chi connectivity index (χ0) is 20.2. The predicted octanol–water partition coefficient (Wildman–Crippen LogP) is 2.87. The number of hydrogen-bond acceptors (Lipinski definition) is 4. The molecule has 1 aromatic rings. The molecular formula is C21H34N2O3S. The van der Waals surface area contributed by atoms with Gasteiger partial charge < -0.3 is 10.6 Å². The SMILES string of the molecule is CC(C)Cc1ccc(C(NCC(=O)NC2(C)CCS(=O)(=O)C2)C(C)C)cc1. The summed E-state index contributed by atoms with van der Waals surface area (Å²) >= 11 is 0. The second kappa shape index (κ2) is 8.74. The third kappa shape index (κ3) is 6.61. The third-order valence-corrected chi connectivity index (χ3v) is 6.98. The summed E-state index contributed by atoms with van der Waals surface area (Å²) in [6.07, 6.45) is 1.54. The second-order valence-corrected chi connectivity index (χ2v) is 11.1. The van der Waals surface area contributed by atoms with Gasteiger partial charge in [0.15, 0.2) is 9.84 Å². The summed E-state index contributed by atoms with van der Waals surface area (Å²) in [5.74, 6) is 0.970. The van der Waals surface area contributed by atoms with Gasteiger partial charge in [0.2, 0.25) is 5.91 Å². The summed E-state index contributed by atoms with van der Waals surface area (Å²) in [7, 11) is -3.04. The van der Waals surface area contributed by atoms with Crippen LogP contribution in [0, 0.1) is 11.8 Å². The summed E-state index contributed by atoms with van der Waals surface area (Å²) in [4.78, 5) is 12.4. The van der Waals surface area contributed by atoms with Gasteiger partial charge in [0.25, 0.3) is 0 Å². The molecule has 5 nitrogen and oxygen atoms in total.